The van der Waals surface area contributed by atoms with Crippen molar-refractivity contribution in [3.8, 4) is 5.75 Å². The summed E-state index contributed by atoms with van der Waals surface area (Å²) in [5.41, 5.74) is 1.98. The fourth-order valence-electron chi connectivity index (χ4n) is 3.00. The Hall–Kier alpha value is -3.91. The van der Waals surface area contributed by atoms with Crippen LogP contribution in [0.5, 0.6) is 5.75 Å². The predicted molar refractivity (Wildman–Crippen MR) is 112 cm³/mol. The minimum absolute atomic E-state index is 0.0442. The largest absolute Gasteiger partial charge is 0.504 e. The number of hydrogen-bond acceptors (Lipinski definition) is 7. The lowest BCUT2D eigenvalue weighted by Gasteiger charge is -2.02. The minimum atomic E-state index is -0.725. The molecule has 0 unspecified atom stereocenters. The lowest BCUT2D eigenvalue weighted by molar-refractivity contribution is 0.0383. The molecule has 0 fully saturated rings. The molecular weight excluding hydrogens is 386 g/mol. The molecule has 0 atom stereocenters. The van der Waals surface area contributed by atoms with Crippen LogP contribution < -0.4 is 10.8 Å². The SMILES string of the molecule is COCCOC(=O)c1c(O)c(=Cc2c[nH]c3ncccc23)oc1=C1C=CC=CC=N1. The highest BCUT2D eigenvalue weighted by Gasteiger charge is 2.22. The van der Waals surface area contributed by atoms with Gasteiger partial charge in [-0.3, -0.25) is 4.99 Å². The third kappa shape index (κ3) is 3.81. The van der Waals surface area contributed by atoms with Gasteiger partial charge in [0.2, 0.25) is 0 Å². The molecule has 152 valence electrons. The van der Waals surface area contributed by atoms with Crippen LogP contribution in [0.2, 0.25) is 0 Å². The molecule has 4 rings (SSSR count). The third-order valence-electron chi connectivity index (χ3n) is 4.41. The number of nitrogens with one attached hydrogen (secondary N) is 1. The van der Waals surface area contributed by atoms with Gasteiger partial charge in [0.1, 0.15) is 18.0 Å². The van der Waals surface area contributed by atoms with Crippen LogP contribution in [0, 0.1) is 0 Å². The van der Waals surface area contributed by atoms with Crippen molar-refractivity contribution in [1.29, 1.82) is 0 Å². The highest BCUT2D eigenvalue weighted by atomic mass is 16.6. The van der Waals surface area contributed by atoms with Crippen molar-refractivity contribution >= 4 is 35.0 Å². The van der Waals surface area contributed by atoms with Gasteiger partial charge in [0.05, 0.1) is 6.61 Å². The van der Waals surface area contributed by atoms with E-state index in [4.69, 9.17) is 13.9 Å². The van der Waals surface area contributed by atoms with Gasteiger partial charge in [-0.2, -0.15) is 0 Å². The van der Waals surface area contributed by atoms with E-state index in [-0.39, 0.29) is 35.4 Å². The molecular formula is C22H19N3O5. The molecule has 3 aromatic rings. The van der Waals surface area contributed by atoms with Gasteiger partial charge in [0.25, 0.3) is 0 Å². The first kappa shape index (κ1) is 19.4. The quantitative estimate of drug-likeness (QED) is 0.495. The molecule has 1 aliphatic rings. The summed E-state index contributed by atoms with van der Waals surface area (Å²) in [4.78, 5) is 24.3. The maximum atomic E-state index is 12.7. The van der Waals surface area contributed by atoms with E-state index < -0.39 is 5.97 Å². The van der Waals surface area contributed by atoms with Crippen molar-refractivity contribution in [2.24, 2.45) is 4.99 Å². The van der Waals surface area contributed by atoms with E-state index in [1.807, 2.05) is 12.1 Å². The molecule has 2 N–H and O–H groups in total. The van der Waals surface area contributed by atoms with Gasteiger partial charge < -0.3 is 24.0 Å². The maximum Gasteiger partial charge on any atom is 0.346 e. The fraction of sp³-hybridized carbons (Fsp3) is 0.136. The molecule has 0 radical (unpaired) electrons. The topological polar surface area (TPSA) is 110 Å². The second-order valence-corrected chi connectivity index (χ2v) is 6.34. The lowest BCUT2D eigenvalue weighted by atomic mass is 10.2. The number of aliphatic imine (C=N–C) groups is 1. The molecule has 0 bridgehead atoms. The molecule has 0 aromatic carbocycles. The molecule has 0 aliphatic carbocycles. The predicted octanol–water partition coefficient (Wildman–Crippen LogP) is 1.80. The summed E-state index contributed by atoms with van der Waals surface area (Å²) in [6, 6.07) is 3.71. The lowest BCUT2D eigenvalue weighted by Crippen LogP contribution is -2.18. The van der Waals surface area contributed by atoms with Gasteiger partial charge in [0.15, 0.2) is 22.1 Å². The van der Waals surface area contributed by atoms with E-state index in [9.17, 15) is 9.90 Å². The summed E-state index contributed by atoms with van der Waals surface area (Å²) < 4.78 is 16.0. The second-order valence-electron chi connectivity index (χ2n) is 6.34. The number of furan rings is 1. The van der Waals surface area contributed by atoms with Crippen LogP contribution in [0.1, 0.15) is 15.9 Å². The number of aromatic amines is 1. The number of hydrogen-bond donors (Lipinski definition) is 2. The van der Waals surface area contributed by atoms with Crippen molar-refractivity contribution in [2.45, 2.75) is 0 Å². The van der Waals surface area contributed by atoms with E-state index in [0.29, 0.717) is 11.3 Å². The van der Waals surface area contributed by atoms with E-state index >= 15 is 0 Å². The zero-order valence-corrected chi connectivity index (χ0v) is 16.2. The molecule has 0 saturated heterocycles. The molecule has 30 heavy (non-hydrogen) atoms. The van der Waals surface area contributed by atoms with Gasteiger partial charge in [-0.15, -0.1) is 0 Å². The monoisotopic (exact) mass is 405 g/mol. The van der Waals surface area contributed by atoms with E-state index in [1.165, 1.54) is 7.11 Å². The first-order valence-electron chi connectivity index (χ1n) is 9.22. The van der Waals surface area contributed by atoms with Crippen molar-refractivity contribution < 1.29 is 23.8 Å². The number of fused-ring (bicyclic) bond motifs is 1. The molecule has 0 saturated carbocycles. The van der Waals surface area contributed by atoms with Crippen LogP contribution in [0.15, 0.2) is 58.2 Å². The summed E-state index contributed by atoms with van der Waals surface area (Å²) in [6.45, 7) is 0.280. The molecule has 4 heterocycles. The van der Waals surface area contributed by atoms with Crippen molar-refractivity contribution in [2.75, 3.05) is 20.3 Å². The molecule has 8 nitrogen and oxygen atoms in total. The number of rotatable bonds is 5. The molecule has 3 aromatic heterocycles. The zero-order valence-electron chi connectivity index (χ0n) is 16.2. The average Bonchev–Trinajstić information content (AvgIpc) is 3.17. The van der Waals surface area contributed by atoms with Crippen LogP contribution in [0.4, 0.5) is 0 Å². The highest BCUT2D eigenvalue weighted by Crippen LogP contribution is 2.18. The van der Waals surface area contributed by atoms with Crippen LogP contribution in [-0.2, 0) is 9.47 Å². The third-order valence-corrected chi connectivity index (χ3v) is 4.41. The standard InChI is InChI=1S/C22H19N3O5/c1-28-10-11-29-22(27)18-19(26)17(30-20(18)16-7-3-2-4-8-23-16)12-14-13-25-21-15(14)6-5-9-24-21/h2-9,12-13,26H,10-11H2,1H3,(H,24,25). The Morgan fingerprint density at radius 3 is 3.07 bits per heavy atom. The number of nitrogens with zero attached hydrogens (tertiary/aromatic N) is 2. The summed E-state index contributed by atoms with van der Waals surface area (Å²) in [5.74, 6) is -1.05. The number of allylic oxidation sites excluding steroid dienone is 3. The van der Waals surface area contributed by atoms with Gasteiger partial charge in [0, 0.05) is 36.7 Å². The number of aromatic hydroxyl groups is 1. The number of ether oxygens (including phenoxy) is 2. The van der Waals surface area contributed by atoms with Gasteiger partial charge in [-0.05, 0) is 30.4 Å². The molecule has 0 amide bonds. The first-order chi connectivity index (χ1) is 14.7. The van der Waals surface area contributed by atoms with Crippen molar-refractivity contribution in [3.63, 3.8) is 0 Å². The Kier molecular flexibility index (Phi) is 5.58. The summed E-state index contributed by atoms with van der Waals surface area (Å²) >= 11 is 0. The zero-order chi connectivity index (χ0) is 20.9. The summed E-state index contributed by atoms with van der Waals surface area (Å²) in [7, 11) is 1.51. The minimum Gasteiger partial charge on any atom is -0.504 e. The first-order valence-corrected chi connectivity index (χ1v) is 9.22. The number of methoxy groups -OCH3 is 1. The van der Waals surface area contributed by atoms with Crippen LogP contribution in [0.3, 0.4) is 0 Å². The van der Waals surface area contributed by atoms with E-state index in [2.05, 4.69) is 15.0 Å². The molecule has 1 aliphatic heterocycles. The molecule has 8 heteroatoms. The number of H-pyrrole nitrogens is 1. The van der Waals surface area contributed by atoms with Crippen LogP contribution >= 0.6 is 0 Å². The smallest absolute Gasteiger partial charge is 0.346 e. The Morgan fingerprint density at radius 1 is 1.30 bits per heavy atom. The number of carbonyl (C=O) groups excluding carboxylic acids is 1. The highest BCUT2D eigenvalue weighted by molar-refractivity contribution is 5.94. The Morgan fingerprint density at radius 2 is 2.20 bits per heavy atom. The molecule has 0 spiro atoms. The normalized spacial score (nSPS) is 15.7. The van der Waals surface area contributed by atoms with Crippen molar-refractivity contribution in [3.05, 3.63) is 70.8 Å². The van der Waals surface area contributed by atoms with Crippen LogP contribution in [0.25, 0.3) is 22.8 Å². The van der Waals surface area contributed by atoms with Gasteiger partial charge >= 0.3 is 5.97 Å². The van der Waals surface area contributed by atoms with E-state index in [1.54, 1.807) is 49.0 Å². The average molecular weight is 405 g/mol. The van der Waals surface area contributed by atoms with Crippen LogP contribution in [-0.4, -0.2) is 47.6 Å². The Labute approximate surface area is 171 Å². The van der Waals surface area contributed by atoms with E-state index in [0.717, 1.165) is 10.9 Å². The number of esters is 1. The van der Waals surface area contributed by atoms with Gasteiger partial charge in [-0.1, -0.05) is 12.2 Å². The van der Waals surface area contributed by atoms with Crippen molar-refractivity contribution in [1.82, 2.24) is 9.97 Å². The number of aromatic nitrogens is 2. The summed E-state index contributed by atoms with van der Waals surface area (Å²) in [6.07, 6.45) is 13.6. The Balaban J connectivity index is 1.90. The fourth-order valence-corrected chi connectivity index (χ4v) is 3.00. The second kappa shape index (κ2) is 8.62. The maximum absolute atomic E-state index is 12.7. The Bertz CT molecular complexity index is 1280. The summed E-state index contributed by atoms with van der Waals surface area (Å²) in [5, 5.41) is 11.7. The number of carbonyl (C=O) groups is 1. The number of pyridine rings is 1. The van der Waals surface area contributed by atoms with Gasteiger partial charge in [-0.25, -0.2) is 9.78 Å².